The van der Waals surface area contributed by atoms with Crippen LogP contribution in [0.2, 0.25) is 0 Å². The monoisotopic (exact) mass is 351 g/mol. The van der Waals surface area contributed by atoms with Crippen molar-refractivity contribution in [3.63, 3.8) is 0 Å². The number of carbonyl (C=O) groups excluding carboxylic acids is 1. The number of aryl methyl sites for hydroxylation is 1. The number of ether oxygens (including phenoxy) is 1. The Kier molecular flexibility index (Phi) is 4.30. The number of aromatic nitrogens is 3. The fourth-order valence-corrected chi connectivity index (χ4v) is 3.27. The number of hydrogen-bond acceptors (Lipinski definition) is 5. The minimum Gasteiger partial charge on any atom is -0.388 e. The van der Waals surface area contributed by atoms with Gasteiger partial charge in [0.2, 0.25) is 0 Å². The first-order valence-corrected chi connectivity index (χ1v) is 8.64. The predicted molar refractivity (Wildman–Crippen MR) is 99.2 cm³/mol. The number of fused-ring (bicyclic) bond motifs is 1. The van der Waals surface area contributed by atoms with Crippen molar-refractivity contribution < 1.29 is 9.53 Å². The first-order chi connectivity index (χ1) is 12.6. The number of rotatable bonds is 3. The van der Waals surface area contributed by atoms with Gasteiger partial charge in [-0.15, -0.1) is 0 Å². The molecule has 0 radical (unpaired) electrons. The lowest BCUT2D eigenvalue weighted by Gasteiger charge is -2.33. The Morgan fingerprint density at radius 3 is 3.08 bits per heavy atom. The highest BCUT2D eigenvalue weighted by molar-refractivity contribution is 5.97. The van der Waals surface area contributed by atoms with Gasteiger partial charge in [-0.3, -0.25) is 9.78 Å². The summed E-state index contributed by atoms with van der Waals surface area (Å²) < 4.78 is 5.89. The summed E-state index contributed by atoms with van der Waals surface area (Å²) in [5.74, 6) is -0.00343. The van der Waals surface area contributed by atoms with Gasteiger partial charge in [-0.2, -0.15) is 0 Å². The van der Waals surface area contributed by atoms with Gasteiger partial charge in [-0.05, 0) is 37.3 Å². The number of aromatic amines is 1. The van der Waals surface area contributed by atoms with E-state index in [0.29, 0.717) is 25.3 Å². The van der Waals surface area contributed by atoms with Gasteiger partial charge in [0.05, 0.1) is 36.2 Å². The summed E-state index contributed by atoms with van der Waals surface area (Å²) >= 11 is 0. The number of hydrogen-bond donors (Lipinski definition) is 2. The number of pyridine rings is 1. The van der Waals surface area contributed by atoms with Crippen molar-refractivity contribution in [2.45, 2.75) is 13.0 Å². The zero-order valence-corrected chi connectivity index (χ0v) is 14.8. The lowest BCUT2D eigenvalue weighted by Crippen LogP contribution is -2.42. The van der Waals surface area contributed by atoms with E-state index in [1.54, 1.807) is 6.33 Å². The van der Waals surface area contributed by atoms with Crippen LogP contribution in [-0.4, -0.2) is 52.5 Å². The highest BCUT2D eigenvalue weighted by Crippen LogP contribution is 2.25. The molecule has 1 aliphatic rings. The van der Waals surface area contributed by atoms with Crippen molar-refractivity contribution in [3.05, 3.63) is 53.6 Å². The third kappa shape index (κ3) is 3.13. The summed E-state index contributed by atoms with van der Waals surface area (Å²) in [6.07, 6.45) is 1.41. The second-order valence-corrected chi connectivity index (χ2v) is 6.42. The van der Waals surface area contributed by atoms with Gasteiger partial charge in [0.1, 0.15) is 6.10 Å². The van der Waals surface area contributed by atoms with Crippen LogP contribution in [0.15, 0.2) is 36.7 Å². The van der Waals surface area contributed by atoms with Gasteiger partial charge < -0.3 is 19.9 Å². The maximum absolute atomic E-state index is 12.9. The average molecular weight is 351 g/mol. The van der Waals surface area contributed by atoms with E-state index in [9.17, 15) is 4.79 Å². The van der Waals surface area contributed by atoms with E-state index < -0.39 is 0 Å². The summed E-state index contributed by atoms with van der Waals surface area (Å²) in [7, 11) is 1.88. The van der Waals surface area contributed by atoms with Gasteiger partial charge in [0.25, 0.3) is 5.91 Å². The summed E-state index contributed by atoms with van der Waals surface area (Å²) in [5, 5.41) is 3.14. The van der Waals surface area contributed by atoms with E-state index in [1.807, 2.05) is 49.2 Å². The maximum Gasteiger partial charge on any atom is 0.254 e. The van der Waals surface area contributed by atoms with Crippen LogP contribution >= 0.6 is 0 Å². The molecule has 2 aromatic heterocycles. The standard InChI is InChI=1S/C19H21N5O2/c1-12-7-14(20-2)9-17(23-12)18-10-24(5-6-26-18)19(25)13-3-4-15-16(8-13)22-11-21-15/h3-4,7-9,11,18H,5-6,10H2,1-2H3,(H,20,23)(H,21,22). The van der Waals surface area contributed by atoms with Crippen molar-refractivity contribution in [3.8, 4) is 0 Å². The fraction of sp³-hybridized carbons (Fsp3) is 0.316. The van der Waals surface area contributed by atoms with Crippen molar-refractivity contribution >= 4 is 22.6 Å². The second-order valence-electron chi connectivity index (χ2n) is 6.42. The molecule has 2 N–H and O–H groups in total. The Bertz CT molecular complexity index is 952. The number of imidazole rings is 1. The number of nitrogens with zero attached hydrogens (tertiary/aromatic N) is 3. The molecule has 1 fully saturated rings. The normalized spacial score (nSPS) is 17.5. The van der Waals surface area contributed by atoms with Crippen LogP contribution in [0.25, 0.3) is 11.0 Å². The molecule has 1 aromatic carbocycles. The minimum absolute atomic E-state index is 0.00343. The summed E-state index contributed by atoms with van der Waals surface area (Å²) in [6, 6.07) is 9.48. The summed E-state index contributed by atoms with van der Waals surface area (Å²) in [5.41, 5.74) is 5.11. The molecular formula is C19H21N5O2. The number of H-pyrrole nitrogens is 1. The van der Waals surface area contributed by atoms with Gasteiger partial charge in [0, 0.05) is 30.5 Å². The first kappa shape index (κ1) is 16.5. The van der Waals surface area contributed by atoms with Crippen molar-refractivity contribution in [1.82, 2.24) is 19.9 Å². The molecule has 3 aromatic rings. The smallest absolute Gasteiger partial charge is 0.254 e. The zero-order valence-electron chi connectivity index (χ0n) is 14.8. The maximum atomic E-state index is 12.9. The molecule has 7 nitrogen and oxygen atoms in total. The van der Waals surface area contributed by atoms with E-state index in [2.05, 4.69) is 20.3 Å². The van der Waals surface area contributed by atoms with Crippen LogP contribution in [-0.2, 0) is 4.74 Å². The Morgan fingerprint density at radius 1 is 1.35 bits per heavy atom. The van der Waals surface area contributed by atoms with Crippen molar-refractivity contribution in [2.75, 3.05) is 32.1 Å². The molecular weight excluding hydrogens is 330 g/mol. The lowest BCUT2D eigenvalue weighted by molar-refractivity contribution is -0.0247. The van der Waals surface area contributed by atoms with Gasteiger partial charge in [-0.1, -0.05) is 0 Å². The van der Waals surface area contributed by atoms with Gasteiger partial charge in [-0.25, -0.2) is 4.98 Å². The number of nitrogens with one attached hydrogen (secondary N) is 2. The number of benzene rings is 1. The average Bonchev–Trinajstić information content (AvgIpc) is 3.14. The third-order valence-electron chi connectivity index (χ3n) is 4.61. The summed E-state index contributed by atoms with van der Waals surface area (Å²) in [6.45, 7) is 3.50. The number of morpholine rings is 1. The van der Waals surface area contributed by atoms with Gasteiger partial charge >= 0.3 is 0 Å². The zero-order chi connectivity index (χ0) is 18.1. The first-order valence-electron chi connectivity index (χ1n) is 8.64. The van der Waals surface area contributed by atoms with Crippen LogP contribution in [0.3, 0.4) is 0 Å². The Balaban J connectivity index is 1.56. The van der Waals surface area contributed by atoms with E-state index >= 15 is 0 Å². The molecule has 1 unspecified atom stereocenters. The Labute approximate surface area is 151 Å². The van der Waals surface area contributed by atoms with Crippen LogP contribution in [0, 0.1) is 6.92 Å². The van der Waals surface area contributed by atoms with Crippen molar-refractivity contribution in [2.24, 2.45) is 0 Å². The number of anilines is 1. The topological polar surface area (TPSA) is 83.1 Å². The summed E-state index contributed by atoms with van der Waals surface area (Å²) in [4.78, 5) is 26.6. The molecule has 0 spiro atoms. The third-order valence-corrected chi connectivity index (χ3v) is 4.61. The molecule has 7 heteroatoms. The molecule has 1 atom stereocenters. The van der Waals surface area contributed by atoms with Crippen LogP contribution in [0.4, 0.5) is 5.69 Å². The predicted octanol–water partition coefficient (Wildman–Crippen LogP) is 2.52. The van der Waals surface area contributed by atoms with Crippen LogP contribution in [0.1, 0.15) is 27.8 Å². The van der Waals surface area contributed by atoms with E-state index in [-0.39, 0.29) is 12.0 Å². The molecule has 0 saturated carbocycles. The molecule has 1 amide bonds. The second kappa shape index (κ2) is 6.76. The largest absolute Gasteiger partial charge is 0.388 e. The van der Waals surface area contributed by atoms with E-state index in [0.717, 1.165) is 28.1 Å². The fourth-order valence-electron chi connectivity index (χ4n) is 3.27. The molecule has 0 aliphatic carbocycles. The van der Waals surface area contributed by atoms with E-state index in [1.165, 1.54) is 0 Å². The number of amides is 1. The SMILES string of the molecule is CNc1cc(C)nc(C2CN(C(=O)c3ccc4nc[nH]c4c3)CCO2)c1. The lowest BCUT2D eigenvalue weighted by atomic mass is 10.1. The minimum atomic E-state index is -0.226. The Morgan fingerprint density at radius 2 is 2.23 bits per heavy atom. The molecule has 134 valence electrons. The molecule has 1 saturated heterocycles. The van der Waals surface area contributed by atoms with Crippen LogP contribution in [0.5, 0.6) is 0 Å². The highest BCUT2D eigenvalue weighted by atomic mass is 16.5. The highest BCUT2D eigenvalue weighted by Gasteiger charge is 2.27. The molecule has 3 heterocycles. The van der Waals surface area contributed by atoms with E-state index in [4.69, 9.17) is 4.74 Å². The number of carbonyl (C=O) groups is 1. The Hall–Kier alpha value is -2.93. The van der Waals surface area contributed by atoms with Crippen molar-refractivity contribution in [1.29, 1.82) is 0 Å². The molecule has 0 bridgehead atoms. The molecule has 1 aliphatic heterocycles. The van der Waals surface area contributed by atoms with Gasteiger partial charge in [0.15, 0.2) is 0 Å². The molecule has 4 rings (SSSR count). The van der Waals surface area contributed by atoms with Crippen LogP contribution < -0.4 is 5.32 Å². The quantitative estimate of drug-likeness (QED) is 0.758. The molecule has 26 heavy (non-hydrogen) atoms.